The zero-order valence-electron chi connectivity index (χ0n) is 15.8. The predicted octanol–water partition coefficient (Wildman–Crippen LogP) is 6.08. The van der Waals surface area contributed by atoms with Gasteiger partial charge in [0.1, 0.15) is 17.6 Å². The molecule has 0 spiro atoms. The highest BCUT2D eigenvalue weighted by Crippen LogP contribution is 2.39. The number of hydrogen-bond acceptors (Lipinski definition) is 3. The van der Waals surface area contributed by atoms with Gasteiger partial charge in [0.05, 0.1) is 17.3 Å². The highest BCUT2D eigenvalue weighted by molar-refractivity contribution is 6.76. The molecule has 2 heterocycles. The average Bonchev–Trinajstić information content (AvgIpc) is 2.95. The summed E-state index contributed by atoms with van der Waals surface area (Å²) < 4.78 is 47.7. The summed E-state index contributed by atoms with van der Waals surface area (Å²) in [4.78, 5) is 4.05. The van der Waals surface area contributed by atoms with Gasteiger partial charge in [-0.05, 0) is 18.2 Å². The molecule has 28 heavy (non-hydrogen) atoms. The monoisotopic (exact) mass is 427 g/mol. The molecule has 0 aliphatic rings. The van der Waals surface area contributed by atoms with Crippen molar-refractivity contribution in [1.29, 1.82) is 0 Å². The molecule has 0 fully saturated rings. The summed E-state index contributed by atoms with van der Waals surface area (Å²) in [7, 11) is -1.24. The zero-order chi connectivity index (χ0) is 20.5. The minimum absolute atomic E-state index is 0.00288. The molecule has 1 aromatic carbocycles. The molecule has 0 radical (unpaired) electrons. The van der Waals surface area contributed by atoms with E-state index in [4.69, 9.17) is 16.3 Å². The van der Waals surface area contributed by atoms with Crippen molar-refractivity contribution in [3.05, 3.63) is 47.2 Å². The molecule has 0 atom stereocenters. The van der Waals surface area contributed by atoms with Gasteiger partial charge in [0.25, 0.3) is 0 Å². The third kappa shape index (κ3) is 4.74. The fraction of sp³-hybridized carbons (Fsp3) is 0.368. The number of aromatic nitrogens is 3. The molecular formula is C19H21ClF3N3OSi. The van der Waals surface area contributed by atoms with Gasteiger partial charge >= 0.3 is 6.18 Å². The average molecular weight is 428 g/mol. The second-order valence-electron chi connectivity index (χ2n) is 7.76. The van der Waals surface area contributed by atoms with Crippen molar-refractivity contribution in [3.63, 3.8) is 0 Å². The van der Waals surface area contributed by atoms with E-state index in [-0.39, 0.29) is 23.1 Å². The van der Waals surface area contributed by atoms with Gasteiger partial charge in [-0.25, -0.2) is 9.67 Å². The molecule has 0 unspecified atom stereocenters. The first-order valence-electron chi connectivity index (χ1n) is 8.83. The number of alkyl halides is 3. The molecule has 0 bridgehead atoms. The van der Waals surface area contributed by atoms with E-state index < -0.39 is 19.8 Å². The van der Waals surface area contributed by atoms with Crippen LogP contribution in [0.15, 0.2) is 36.5 Å². The lowest BCUT2D eigenvalue weighted by molar-refractivity contribution is -0.137. The summed E-state index contributed by atoms with van der Waals surface area (Å²) in [6, 6.07) is 7.90. The highest BCUT2D eigenvalue weighted by atomic mass is 35.5. The van der Waals surface area contributed by atoms with Crippen molar-refractivity contribution in [2.75, 3.05) is 6.61 Å². The van der Waals surface area contributed by atoms with Gasteiger partial charge < -0.3 is 4.74 Å². The standard InChI is InChI=1S/C19H21ClF3N3OSi/c1-28(2,3)9-8-27-12-26-16-11-24-17(20)10-14(16)18(25-26)13-6-4-5-7-15(13)19(21,22)23/h4-7,10-11H,8-9,12H2,1-3H3. The van der Waals surface area contributed by atoms with Crippen LogP contribution in [0.2, 0.25) is 30.8 Å². The number of ether oxygens (including phenoxy) is 1. The lowest BCUT2D eigenvalue weighted by atomic mass is 10.0. The summed E-state index contributed by atoms with van der Waals surface area (Å²) in [6.07, 6.45) is -2.98. The molecule has 0 amide bonds. The van der Waals surface area contributed by atoms with Gasteiger partial charge in [-0.3, -0.25) is 0 Å². The van der Waals surface area contributed by atoms with Crippen LogP contribution in [0.1, 0.15) is 5.56 Å². The molecule has 3 aromatic rings. The molecule has 0 saturated heterocycles. The van der Waals surface area contributed by atoms with Crippen LogP contribution >= 0.6 is 11.6 Å². The quantitative estimate of drug-likeness (QED) is 0.272. The van der Waals surface area contributed by atoms with Gasteiger partial charge in [-0.15, -0.1) is 0 Å². The Bertz CT molecular complexity index is 983. The first-order chi connectivity index (χ1) is 13.1. The first kappa shape index (κ1) is 20.8. The molecule has 4 nitrogen and oxygen atoms in total. The van der Waals surface area contributed by atoms with Crippen molar-refractivity contribution in [3.8, 4) is 11.3 Å². The van der Waals surface area contributed by atoms with Crippen LogP contribution in [0.5, 0.6) is 0 Å². The summed E-state index contributed by atoms with van der Waals surface area (Å²) in [5, 5.41) is 5.11. The fourth-order valence-electron chi connectivity index (χ4n) is 2.81. The Morgan fingerprint density at radius 3 is 2.57 bits per heavy atom. The predicted molar refractivity (Wildman–Crippen MR) is 107 cm³/mol. The number of hydrogen-bond donors (Lipinski definition) is 0. The minimum atomic E-state index is -4.49. The van der Waals surface area contributed by atoms with Gasteiger partial charge in [-0.1, -0.05) is 49.4 Å². The molecule has 3 rings (SSSR count). The fourth-order valence-corrected chi connectivity index (χ4v) is 3.72. The number of pyridine rings is 1. The SMILES string of the molecule is C[Si](C)(C)CCOCn1nc(-c2ccccc2C(F)(F)F)c2cc(Cl)ncc21. The second-order valence-corrected chi connectivity index (χ2v) is 13.8. The Morgan fingerprint density at radius 2 is 1.89 bits per heavy atom. The summed E-state index contributed by atoms with van der Waals surface area (Å²) in [6.45, 7) is 7.46. The largest absolute Gasteiger partial charge is 0.417 e. The van der Waals surface area contributed by atoms with Crippen molar-refractivity contribution < 1.29 is 17.9 Å². The number of halogens is 4. The number of rotatable bonds is 6. The number of fused-ring (bicyclic) bond motifs is 1. The normalized spacial score (nSPS) is 12.7. The van der Waals surface area contributed by atoms with Crippen LogP contribution < -0.4 is 0 Å². The molecule has 0 saturated carbocycles. The van der Waals surface area contributed by atoms with Crippen LogP contribution in [-0.4, -0.2) is 29.4 Å². The maximum atomic E-state index is 13.5. The third-order valence-corrected chi connectivity index (χ3v) is 6.21. The third-order valence-electron chi connectivity index (χ3n) is 4.30. The minimum Gasteiger partial charge on any atom is -0.360 e. The van der Waals surface area contributed by atoms with Crippen LogP contribution in [0, 0.1) is 0 Å². The Balaban J connectivity index is 2.02. The lowest BCUT2D eigenvalue weighted by Gasteiger charge is -2.15. The molecule has 0 N–H and O–H groups in total. The van der Waals surface area contributed by atoms with E-state index in [1.807, 2.05) is 0 Å². The number of nitrogens with zero attached hydrogens (tertiary/aromatic N) is 3. The summed E-state index contributed by atoms with van der Waals surface area (Å²) >= 11 is 6.00. The molecular weight excluding hydrogens is 407 g/mol. The van der Waals surface area contributed by atoms with Crippen LogP contribution in [0.25, 0.3) is 22.2 Å². The Labute approximate surface area is 167 Å². The van der Waals surface area contributed by atoms with Crippen LogP contribution in [0.4, 0.5) is 13.2 Å². The van der Waals surface area contributed by atoms with Gasteiger partial charge in [0, 0.05) is 25.6 Å². The highest BCUT2D eigenvalue weighted by Gasteiger charge is 2.34. The topological polar surface area (TPSA) is 39.9 Å². The van der Waals surface area contributed by atoms with Gasteiger partial charge in [-0.2, -0.15) is 18.3 Å². The Kier molecular flexibility index (Phi) is 5.83. The first-order valence-corrected chi connectivity index (χ1v) is 12.9. The van der Waals surface area contributed by atoms with E-state index in [2.05, 4.69) is 29.7 Å². The van der Waals surface area contributed by atoms with Crippen molar-refractivity contribution >= 4 is 30.6 Å². The van der Waals surface area contributed by atoms with Crippen molar-refractivity contribution in [2.24, 2.45) is 0 Å². The van der Waals surface area contributed by atoms with E-state index >= 15 is 0 Å². The zero-order valence-corrected chi connectivity index (χ0v) is 17.6. The molecule has 2 aromatic heterocycles. The smallest absolute Gasteiger partial charge is 0.360 e. The molecule has 9 heteroatoms. The molecule has 0 aliphatic carbocycles. The van der Waals surface area contributed by atoms with Crippen molar-refractivity contribution in [2.45, 2.75) is 38.6 Å². The van der Waals surface area contributed by atoms with Gasteiger partial charge in [0.15, 0.2) is 0 Å². The summed E-state index contributed by atoms with van der Waals surface area (Å²) in [5.74, 6) is 0. The van der Waals surface area contributed by atoms with E-state index in [1.165, 1.54) is 29.1 Å². The second kappa shape index (κ2) is 7.85. The van der Waals surface area contributed by atoms with Crippen molar-refractivity contribution in [1.82, 2.24) is 14.8 Å². The van der Waals surface area contributed by atoms with E-state index in [1.54, 1.807) is 6.07 Å². The van der Waals surface area contributed by atoms with E-state index in [0.717, 1.165) is 12.1 Å². The Morgan fingerprint density at radius 1 is 1.18 bits per heavy atom. The molecule has 0 aliphatic heterocycles. The number of benzene rings is 1. The summed E-state index contributed by atoms with van der Waals surface area (Å²) in [5.41, 5.74) is 0.0441. The van der Waals surface area contributed by atoms with E-state index in [0.29, 0.717) is 17.5 Å². The lowest BCUT2D eigenvalue weighted by Crippen LogP contribution is -2.22. The maximum Gasteiger partial charge on any atom is 0.417 e. The maximum absolute atomic E-state index is 13.5. The Hall–Kier alpha value is -1.90. The van der Waals surface area contributed by atoms with Gasteiger partial charge in [0.2, 0.25) is 0 Å². The van der Waals surface area contributed by atoms with Crippen LogP contribution in [0.3, 0.4) is 0 Å². The van der Waals surface area contributed by atoms with Crippen LogP contribution in [-0.2, 0) is 17.6 Å². The molecule has 150 valence electrons. The van der Waals surface area contributed by atoms with E-state index in [9.17, 15) is 13.2 Å².